The van der Waals surface area contributed by atoms with E-state index in [1.165, 1.54) is 0 Å². The normalized spacial score (nSPS) is 7.22. The van der Waals surface area contributed by atoms with Gasteiger partial charge in [0.15, 0.2) is 0 Å². The molecule has 0 amide bonds. The van der Waals surface area contributed by atoms with Crippen molar-refractivity contribution < 1.29 is 5.11 Å². The molecule has 0 aliphatic rings. The van der Waals surface area contributed by atoms with Crippen LogP contribution in [0.4, 0.5) is 0 Å². The Kier molecular flexibility index (Phi) is 14.8. The van der Waals surface area contributed by atoms with Crippen molar-refractivity contribution in [2.45, 2.75) is 20.3 Å². The summed E-state index contributed by atoms with van der Waals surface area (Å²) in [7, 11) is 0. The van der Waals surface area contributed by atoms with E-state index in [-0.39, 0.29) is 6.61 Å². The second kappa shape index (κ2) is 11.1. The molecule has 0 radical (unpaired) electrons. The standard InChI is InChI=1S/C4H6Cl2.C2H6O/c1-2-3-4(5)6;1-2-3/h3H,2H2,1H3;3H,2H2,1H3. The average Bonchev–Trinajstić information content (AvgIpc) is 1.67. The van der Waals surface area contributed by atoms with Crippen LogP contribution in [0.1, 0.15) is 20.3 Å². The maximum atomic E-state index is 7.57. The number of allylic oxidation sites excluding steroid dienone is 1. The lowest BCUT2D eigenvalue weighted by atomic mass is 10.5. The fourth-order valence-corrected chi connectivity index (χ4v) is 0.463. The van der Waals surface area contributed by atoms with Crippen LogP contribution in [0.2, 0.25) is 0 Å². The zero-order valence-corrected chi connectivity index (χ0v) is 7.21. The molecule has 0 aromatic rings. The fourth-order valence-electron chi connectivity index (χ4n) is 0.154. The van der Waals surface area contributed by atoms with E-state index in [0.29, 0.717) is 4.49 Å². The summed E-state index contributed by atoms with van der Waals surface area (Å²) < 4.78 is 0.359. The van der Waals surface area contributed by atoms with Gasteiger partial charge in [0.1, 0.15) is 4.49 Å². The summed E-state index contributed by atoms with van der Waals surface area (Å²) in [5.74, 6) is 0. The first-order chi connectivity index (χ1) is 4.18. The van der Waals surface area contributed by atoms with Crippen LogP contribution in [0.3, 0.4) is 0 Å². The topological polar surface area (TPSA) is 20.2 Å². The molecule has 0 saturated carbocycles. The van der Waals surface area contributed by atoms with Gasteiger partial charge in [-0.25, -0.2) is 0 Å². The second-order valence-corrected chi connectivity index (χ2v) is 2.23. The number of hydrogen-bond donors (Lipinski definition) is 1. The Labute approximate surface area is 66.3 Å². The van der Waals surface area contributed by atoms with E-state index in [2.05, 4.69) is 0 Å². The molecule has 0 fully saturated rings. The third-order valence-corrected chi connectivity index (χ3v) is 0.667. The van der Waals surface area contributed by atoms with E-state index in [9.17, 15) is 0 Å². The van der Waals surface area contributed by atoms with Crippen molar-refractivity contribution >= 4 is 23.2 Å². The number of halogens is 2. The summed E-state index contributed by atoms with van der Waals surface area (Å²) in [6, 6.07) is 0. The molecular weight excluding hydrogens is 159 g/mol. The first-order valence-electron chi connectivity index (χ1n) is 2.81. The third-order valence-electron chi connectivity index (χ3n) is 0.358. The smallest absolute Gasteiger partial charge is 0.102 e. The molecule has 1 nitrogen and oxygen atoms in total. The van der Waals surface area contributed by atoms with Crippen molar-refractivity contribution in [2.24, 2.45) is 0 Å². The van der Waals surface area contributed by atoms with Gasteiger partial charge in [-0.15, -0.1) is 0 Å². The first-order valence-corrected chi connectivity index (χ1v) is 3.56. The van der Waals surface area contributed by atoms with Crippen LogP contribution in [-0.2, 0) is 0 Å². The van der Waals surface area contributed by atoms with Crippen molar-refractivity contribution in [2.75, 3.05) is 6.61 Å². The fraction of sp³-hybridized carbons (Fsp3) is 0.667. The lowest BCUT2D eigenvalue weighted by molar-refractivity contribution is 0.318. The van der Waals surface area contributed by atoms with Crippen LogP contribution >= 0.6 is 23.2 Å². The van der Waals surface area contributed by atoms with Gasteiger partial charge in [0.25, 0.3) is 0 Å². The first kappa shape index (κ1) is 12.0. The number of rotatable bonds is 1. The molecule has 56 valence electrons. The van der Waals surface area contributed by atoms with Gasteiger partial charge in [0.2, 0.25) is 0 Å². The number of aliphatic hydroxyl groups excluding tert-OH is 1. The molecule has 0 atom stereocenters. The summed E-state index contributed by atoms with van der Waals surface area (Å²) in [4.78, 5) is 0. The molecule has 0 spiro atoms. The Morgan fingerprint density at radius 2 is 1.78 bits per heavy atom. The summed E-state index contributed by atoms with van der Waals surface area (Å²) in [5, 5.41) is 7.57. The van der Waals surface area contributed by atoms with Gasteiger partial charge in [0.05, 0.1) is 0 Å². The van der Waals surface area contributed by atoms with Crippen LogP contribution in [0.25, 0.3) is 0 Å². The Balaban J connectivity index is 0. The molecule has 0 rings (SSSR count). The van der Waals surface area contributed by atoms with E-state index < -0.39 is 0 Å². The molecular formula is C6H12Cl2O. The Bertz CT molecular complexity index is 67.5. The molecule has 3 heteroatoms. The minimum absolute atomic E-state index is 0.250. The maximum absolute atomic E-state index is 7.57. The van der Waals surface area contributed by atoms with Gasteiger partial charge in [-0.1, -0.05) is 36.2 Å². The second-order valence-electron chi connectivity index (χ2n) is 1.22. The molecule has 0 aliphatic carbocycles. The van der Waals surface area contributed by atoms with Gasteiger partial charge in [-0.2, -0.15) is 0 Å². The summed E-state index contributed by atoms with van der Waals surface area (Å²) in [5.41, 5.74) is 0. The van der Waals surface area contributed by atoms with E-state index in [1.807, 2.05) is 6.92 Å². The predicted octanol–water partition coefficient (Wildman–Crippen LogP) is 2.71. The van der Waals surface area contributed by atoms with Crippen molar-refractivity contribution in [3.63, 3.8) is 0 Å². The molecule has 0 aromatic heterocycles. The maximum Gasteiger partial charge on any atom is 0.102 e. The minimum atomic E-state index is 0.250. The van der Waals surface area contributed by atoms with Crippen LogP contribution in [0, 0.1) is 0 Å². The highest BCUT2D eigenvalue weighted by molar-refractivity contribution is 6.55. The number of hydrogen-bond acceptors (Lipinski definition) is 1. The van der Waals surface area contributed by atoms with Crippen molar-refractivity contribution in [3.05, 3.63) is 10.6 Å². The van der Waals surface area contributed by atoms with E-state index in [1.54, 1.807) is 13.0 Å². The summed E-state index contributed by atoms with van der Waals surface area (Å²) in [6.07, 6.45) is 2.64. The predicted molar refractivity (Wildman–Crippen MR) is 42.8 cm³/mol. The van der Waals surface area contributed by atoms with Crippen molar-refractivity contribution in [1.82, 2.24) is 0 Å². The zero-order chi connectivity index (χ0) is 7.70. The quantitative estimate of drug-likeness (QED) is 0.643. The lowest BCUT2D eigenvalue weighted by Gasteiger charge is -1.74. The van der Waals surface area contributed by atoms with Gasteiger partial charge in [-0.3, -0.25) is 0 Å². The lowest BCUT2D eigenvalue weighted by Crippen LogP contribution is -1.57. The molecule has 0 bridgehead atoms. The van der Waals surface area contributed by atoms with E-state index >= 15 is 0 Å². The van der Waals surface area contributed by atoms with Crippen molar-refractivity contribution in [1.29, 1.82) is 0 Å². The average molecular weight is 171 g/mol. The summed E-state index contributed by atoms with van der Waals surface area (Å²) in [6.45, 7) is 3.91. The van der Waals surface area contributed by atoms with Gasteiger partial charge < -0.3 is 5.11 Å². The van der Waals surface area contributed by atoms with Gasteiger partial charge in [0, 0.05) is 6.61 Å². The van der Waals surface area contributed by atoms with Gasteiger partial charge >= 0.3 is 0 Å². The highest BCUT2D eigenvalue weighted by atomic mass is 35.5. The molecule has 0 aromatic carbocycles. The molecule has 0 heterocycles. The van der Waals surface area contributed by atoms with Gasteiger partial charge in [-0.05, 0) is 13.3 Å². The Morgan fingerprint density at radius 1 is 1.44 bits per heavy atom. The highest BCUT2D eigenvalue weighted by Gasteiger charge is 1.73. The van der Waals surface area contributed by atoms with Crippen LogP contribution in [-0.4, -0.2) is 11.7 Å². The Hall–Kier alpha value is 0.280. The van der Waals surface area contributed by atoms with Crippen molar-refractivity contribution in [3.8, 4) is 0 Å². The number of aliphatic hydroxyl groups is 1. The molecule has 0 aliphatic heterocycles. The molecule has 1 N–H and O–H groups in total. The minimum Gasteiger partial charge on any atom is -0.397 e. The largest absolute Gasteiger partial charge is 0.397 e. The van der Waals surface area contributed by atoms with Crippen LogP contribution in [0.15, 0.2) is 10.6 Å². The molecule has 0 saturated heterocycles. The molecule has 0 unspecified atom stereocenters. The monoisotopic (exact) mass is 170 g/mol. The highest BCUT2D eigenvalue weighted by Crippen LogP contribution is 2.05. The SMILES string of the molecule is CCC=C(Cl)Cl.CCO. The summed E-state index contributed by atoms with van der Waals surface area (Å²) >= 11 is 10.4. The zero-order valence-electron chi connectivity index (χ0n) is 5.69. The van der Waals surface area contributed by atoms with E-state index in [4.69, 9.17) is 28.3 Å². The van der Waals surface area contributed by atoms with Crippen LogP contribution in [0.5, 0.6) is 0 Å². The Morgan fingerprint density at radius 3 is 1.78 bits per heavy atom. The molecule has 9 heavy (non-hydrogen) atoms. The van der Waals surface area contributed by atoms with E-state index in [0.717, 1.165) is 6.42 Å². The third kappa shape index (κ3) is 30.4. The van der Waals surface area contributed by atoms with Crippen LogP contribution < -0.4 is 0 Å².